The Hall–Kier alpha value is -2.87. The van der Waals surface area contributed by atoms with E-state index in [4.69, 9.17) is 4.74 Å². The monoisotopic (exact) mass is 447 g/mol. The smallest absolute Gasteiger partial charge is 0.273 e. The van der Waals surface area contributed by atoms with Gasteiger partial charge in [0, 0.05) is 23.0 Å². The number of anilines is 1. The van der Waals surface area contributed by atoms with Gasteiger partial charge in [-0.3, -0.25) is 25.2 Å². The van der Waals surface area contributed by atoms with E-state index in [9.17, 15) is 14.4 Å². The van der Waals surface area contributed by atoms with Gasteiger partial charge in [-0.25, -0.2) is 0 Å². The molecule has 0 heterocycles. The molecule has 0 aliphatic carbocycles. The van der Waals surface area contributed by atoms with Crippen LogP contribution >= 0.6 is 15.9 Å². The lowest BCUT2D eigenvalue weighted by molar-refractivity contribution is -0.124. The molecule has 0 saturated carbocycles. The van der Waals surface area contributed by atoms with Crippen molar-refractivity contribution >= 4 is 39.3 Å². The number of rotatable bonds is 8. The fraction of sp³-hybridized carbons (Fsp3) is 0.250. The third-order valence-electron chi connectivity index (χ3n) is 3.60. The maximum Gasteiger partial charge on any atom is 0.273 e. The molecule has 0 aliphatic rings. The topological polar surface area (TPSA) is 96.5 Å². The van der Waals surface area contributed by atoms with Crippen molar-refractivity contribution in [3.05, 3.63) is 58.6 Å². The largest absolute Gasteiger partial charge is 0.493 e. The number of nitrogens with one attached hydrogen (secondary N) is 3. The molecule has 0 spiro atoms. The fourth-order valence-electron chi connectivity index (χ4n) is 2.25. The number of hydrazine groups is 1. The Morgan fingerprint density at radius 2 is 1.68 bits per heavy atom. The Labute approximate surface area is 171 Å². The summed E-state index contributed by atoms with van der Waals surface area (Å²) in [6.45, 7) is 2.44. The summed E-state index contributed by atoms with van der Waals surface area (Å²) >= 11 is 3.31. The molecular weight excluding hydrogens is 426 g/mol. The maximum absolute atomic E-state index is 12.4. The van der Waals surface area contributed by atoms with Crippen molar-refractivity contribution in [1.29, 1.82) is 0 Å². The highest BCUT2D eigenvalue weighted by Crippen LogP contribution is 2.23. The second-order valence-electron chi connectivity index (χ2n) is 5.91. The van der Waals surface area contributed by atoms with E-state index in [1.807, 2.05) is 13.0 Å². The van der Waals surface area contributed by atoms with E-state index in [1.54, 1.807) is 42.5 Å². The number of amides is 3. The molecule has 2 aromatic rings. The van der Waals surface area contributed by atoms with Crippen LogP contribution in [0.2, 0.25) is 0 Å². The Morgan fingerprint density at radius 1 is 0.964 bits per heavy atom. The number of hydrogen-bond acceptors (Lipinski definition) is 4. The average molecular weight is 448 g/mol. The predicted molar refractivity (Wildman–Crippen MR) is 110 cm³/mol. The second-order valence-corrected chi connectivity index (χ2v) is 6.82. The summed E-state index contributed by atoms with van der Waals surface area (Å²) in [6.07, 6.45) is 0.744. The van der Waals surface area contributed by atoms with Crippen LogP contribution in [0.1, 0.15) is 36.5 Å². The zero-order chi connectivity index (χ0) is 20.4. The zero-order valence-electron chi connectivity index (χ0n) is 15.5. The third kappa shape index (κ3) is 7.03. The Morgan fingerprint density at radius 3 is 2.39 bits per heavy atom. The van der Waals surface area contributed by atoms with Crippen molar-refractivity contribution in [1.82, 2.24) is 10.9 Å². The number of hydrogen-bond donors (Lipinski definition) is 3. The van der Waals surface area contributed by atoms with E-state index in [0.717, 1.165) is 6.42 Å². The van der Waals surface area contributed by atoms with E-state index in [2.05, 4.69) is 32.1 Å². The summed E-state index contributed by atoms with van der Waals surface area (Å²) in [5.41, 5.74) is 5.62. The first-order chi connectivity index (χ1) is 13.5. The molecule has 3 N–H and O–H groups in total. The minimum absolute atomic E-state index is 0.00164. The molecule has 0 bridgehead atoms. The SMILES string of the molecule is CCCOc1ccc(Br)cc1C(=O)NNC(=O)CCC(=O)Nc1ccccc1. The van der Waals surface area contributed by atoms with Crippen LogP contribution in [0.3, 0.4) is 0 Å². The lowest BCUT2D eigenvalue weighted by Gasteiger charge is -2.12. The molecule has 28 heavy (non-hydrogen) atoms. The molecule has 2 rings (SSSR count). The van der Waals surface area contributed by atoms with Crippen molar-refractivity contribution in [2.24, 2.45) is 0 Å². The van der Waals surface area contributed by atoms with Crippen LogP contribution in [-0.2, 0) is 9.59 Å². The molecule has 0 unspecified atom stereocenters. The summed E-state index contributed by atoms with van der Waals surface area (Å²) in [7, 11) is 0. The molecule has 2 aromatic carbocycles. The molecule has 0 aliphatic heterocycles. The van der Waals surface area contributed by atoms with Gasteiger partial charge in [0.2, 0.25) is 11.8 Å². The summed E-state index contributed by atoms with van der Waals surface area (Å²) in [4.78, 5) is 36.1. The molecule has 0 fully saturated rings. The van der Waals surface area contributed by atoms with Crippen LogP contribution in [0, 0.1) is 0 Å². The van der Waals surface area contributed by atoms with E-state index < -0.39 is 11.8 Å². The average Bonchev–Trinajstić information content (AvgIpc) is 2.70. The van der Waals surface area contributed by atoms with Gasteiger partial charge in [-0.1, -0.05) is 41.1 Å². The normalized spacial score (nSPS) is 10.1. The molecule has 7 nitrogen and oxygen atoms in total. The van der Waals surface area contributed by atoms with Crippen molar-refractivity contribution in [2.75, 3.05) is 11.9 Å². The summed E-state index contributed by atoms with van der Waals surface area (Å²) in [6, 6.07) is 14.0. The van der Waals surface area contributed by atoms with Crippen molar-refractivity contribution in [3.63, 3.8) is 0 Å². The van der Waals surface area contributed by atoms with Crippen LogP contribution in [0.5, 0.6) is 5.75 Å². The van der Waals surface area contributed by atoms with E-state index >= 15 is 0 Å². The first-order valence-corrected chi connectivity index (χ1v) is 9.65. The van der Waals surface area contributed by atoms with Crippen molar-refractivity contribution < 1.29 is 19.1 Å². The van der Waals surface area contributed by atoms with Gasteiger partial charge in [-0.2, -0.15) is 0 Å². The molecule has 0 saturated heterocycles. The number of carbonyl (C=O) groups is 3. The number of ether oxygens (including phenoxy) is 1. The van der Waals surface area contributed by atoms with Crippen molar-refractivity contribution in [2.45, 2.75) is 26.2 Å². The van der Waals surface area contributed by atoms with Crippen LogP contribution in [0.4, 0.5) is 5.69 Å². The Balaban J connectivity index is 1.81. The second kappa shape index (κ2) is 11.1. The molecule has 0 aromatic heterocycles. The minimum Gasteiger partial charge on any atom is -0.493 e. The van der Waals surface area contributed by atoms with E-state index in [-0.39, 0.29) is 18.7 Å². The highest BCUT2D eigenvalue weighted by atomic mass is 79.9. The molecule has 0 atom stereocenters. The Bertz CT molecular complexity index is 827. The first-order valence-electron chi connectivity index (χ1n) is 8.86. The van der Waals surface area contributed by atoms with Gasteiger partial charge in [0.1, 0.15) is 5.75 Å². The molecule has 8 heteroatoms. The van der Waals surface area contributed by atoms with E-state index in [0.29, 0.717) is 28.1 Å². The first kappa shape index (κ1) is 21.4. The van der Waals surface area contributed by atoms with E-state index in [1.165, 1.54) is 0 Å². The molecule has 148 valence electrons. The lowest BCUT2D eigenvalue weighted by atomic mass is 10.2. The Kier molecular flexibility index (Phi) is 8.48. The molecule has 3 amide bonds. The van der Waals surface area contributed by atoms with Gasteiger partial charge in [-0.05, 0) is 36.8 Å². The maximum atomic E-state index is 12.4. The van der Waals surface area contributed by atoms with Gasteiger partial charge >= 0.3 is 0 Å². The summed E-state index contributed by atoms with van der Waals surface area (Å²) < 4.78 is 6.27. The van der Waals surface area contributed by atoms with Gasteiger partial charge in [-0.15, -0.1) is 0 Å². The summed E-state index contributed by atoms with van der Waals surface area (Å²) in [5.74, 6) is -0.828. The summed E-state index contributed by atoms with van der Waals surface area (Å²) in [5, 5.41) is 2.69. The highest BCUT2D eigenvalue weighted by molar-refractivity contribution is 9.10. The van der Waals surface area contributed by atoms with Crippen LogP contribution < -0.4 is 20.9 Å². The van der Waals surface area contributed by atoms with Crippen LogP contribution in [-0.4, -0.2) is 24.3 Å². The number of carbonyl (C=O) groups excluding carboxylic acids is 3. The van der Waals surface area contributed by atoms with Crippen LogP contribution in [0.25, 0.3) is 0 Å². The lowest BCUT2D eigenvalue weighted by Crippen LogP contribution is -2.42. The van der Waals surface area contributed by atoms with Gasteiger partial charge < -0.3 is 10.1 Å². The number of para-hydroxylation sites is 1. The van der Waals surface area contributed by atoms with Crippen LogP contribution in [0.15, 0.2) is 53.0 Å². The van der Waals surface area contributed by atoms with Crippen molar-refractivity contribution in [3.8, 4) is 5.75 Å². The quantitative estimate of drug-likeness (QED) is 0.540. The fourth-order valence-corrected chi connectivity index (χ4v) is 2.61. The van der Waals surface area contributed by atoms with Gasteiger partial charge in [0.15, 0.2) is 0 Å². The van der Waals surface area contributed by atoms with Gasteiger partial charge in [0.05, 0.1) is 12.2 Å². The number of halogens is 1. The standard InChI is InChI=1S/C20H22BrN3O4/c1-2-12-28-17-9-8-14(21)13-16(17)20(27)24-23-19(26)11-10-18(25)22-15-6-4-3-5-7-15/h3-9,13H,2,10-12H2,1H3,(H,22,25)(H,23,26)(H,24,27). The highest BCUT2D eigenvalue weighted by Gasteiger charge is 2.15. The molecule has 0 radical (unpaired) electrons. The van der Waals surface area contributed by atoms with Gasteiger partial charge in [0.25, 0.3) is 5.91 Å². The number of benzene rings is 2. The zero-order valence-corrected chi connectivity index (χ0v) is 17.0. The predicted octanol–water partition coefficient (Wildman–Crippen LogP) is 3.42. The third-order valence-corrected chi connectivity index (χ3v) is 4.09. The molecular formula is C20H22BrN3O4. The minimum atomic E-state index is -0.505.